The molecule has 0 aliphatic heterocycles. The standard InChI is InChI=1S/C17H22O6/c1-2-3-4-12-5-8-14(9-6-12)23-16(20)11-13(17(21)22)7-10-15(18)19/h5-6,8-9,13H,2-4,7,10-11H2,1H3,(H,18,19)(H,21,22). The summed E-state index contributed by atoms with van der Waals surface area (Å²) in [5, 5.41) is 17.6. The van der Waals surface area contributed by atoms with Crippen LogP contribution in [0.25, 0.3) is 0 Å². The molecule has 0 saturated carbocycles. The summed E-state index contributed by atoms with van der Waals surface area (Å²) in [6.45, 7) is 2.11. The van der Waals surface area contributed by atoms with Crippen molar-refractivity contribution in [1.29, 1.82) is 0 Å². The predicted molar refractivity (Wildman–Crippen MR) is 83.3 cm³/mol. The number of hydrogen-bond donors (Lipinski definition) is 2. The van der Waals surface area contributed by atoms with Gasteiger partial charge >= 0.3 is 17.9 Å². The fourth-order valence-corrected chi connectivity index (χ4v) is 2.09. The average Bonchev–Trinajstić information content (AvgIpc) is 2.50. The second kappa shape index (κ2) is 9.61. The molecule has 0 spiro atoms. The zero-order chi connectivity index (χ0) is 17.2. The van der Waals surface area contributed by atoms with E-state index in [1.54, 1.807) is 12.1 Å². The molecule has 0 radical (unpaired) electrons. The third kappa shape index (κ3) is 7.44. The van der Waals surface area contributed by atoms with Crippen LogP contribution in [0.2, 0.25) is 0 Å². The third-order valence-electron chi connectivity index (χ3n) is 3.44. The van der Waals surface area contributed by atoms with Crippen molar-refractivity contribution in [3.63, 3.8) is 0 Å². The summed E-state index contributed by atoms with van der Waals surface area (Å²) in [6, 6.07) is 7.10. The largest absolute Gasteiger partial charge is 0.481 e. The first-order chi connectivity index (χ1) is 10.9. The summed E-state index contributed by atoms with van der Waals surface area (Å²) in [7, 11) is 0. The van der Waals surface area contributed by atoms with E-state index >= 15 is 0 Å². The van der Waals surface area contributed by atoms with Crippen LogP contribution < -0.4 is 4.74 Å². The molecule has 6 heteroatoms. The van der Waals surface area contributed by atoms with Gasteiger partial charge in [-0.1, -0.05) is 25.5 Å². The molecule has 0 aromatic heterocycles. The topological polar surface area (TPSA) is 101 Å². The first-order valence-corrected chi connectivity index (χ1v) is 7.66. The Hall–Kier alpha value is -2.37. The molecule has 0 aliphatic carbocycles. The Labute approximate surface area is 135 Å². The predicted octanol–water partition coefficient (Wildman–Crippen LogP) is 2.89. The number of carboxylic acid groups (broad SMARTS) is 2. The highest BCUT2D eigenvalue weighted by Crippen LogP contribution is 2.17. The number of ether oxygens (including phenoxy) is 1. The van der Waals surface area contributed by atoms with Crippen molar-refractivity contribution in [3.05, 3.63) is 29.8 Å². The number of carboxylic acids is 2. The Kier molecular flexibility index (Phi) is 7.80. The zero-order valence-electron chi connectivity index (χ0n) is 13.2. The maximum atomic E-state index is 11.8. The molecule has 2 N–H and O–H groups in total. The molecule has 0 saturated heterocycles. The molecule has 1 aromatic carbocycles. The maximum Gasteiger partial charge on any atom is 0.312 e. The minimum absolute atomic E-state index is 0.101. The Balaban J connectivity index is 2.53. The van der Waals surface area contributed by atoms with E-state index in [0.29, 0.717) is 5.75 Å². The van der Waals surface area contributed by atoms with Crippen LogP contribution in [0.15, 0.2) is 24.3 Å². The molecule has 0 bridgehead atoms. The number of aliphatic carboxylic acids is 2. The summed E-state index contributed by atoms with van der Waals surface area (Å²) < 4.78 is 5.11. The third-order valence-corrected chi connectivity index (χ3v) is 3.44. The summed E-state index contributed by atoms with van der Waals surface area (Å²) in [5.41, 5.74) is 1.15. The van der Waals surface area contributed by atoms with Gasteiger partial charge in [-0.25, -0.2) is 0 Å². The molecule has 1 unspecified atom stereocenters. The molecule has 126 valence electrons. The number of carbonyl (C=O) groups is 3. The molecular weight excluding hydrogens is 300 g/mol. The highest BCUT2D eigenvalue weighted by atomic mass is 16.5. The fraction of sp³-hybridized carbons (Fsp3) is 0.471. The molecule has 23 heavy (non-hydrogen) atoms. The first-order valence-electron chi connectivity index (χ1n) is 7.66. The summed E-state index contributed by atoms with van der Waals surface area (Å²) in [5.74, 6) is -3.66. The lowest BCUT2D eigenvalue weighted by Crippen LogP contribution is -2.21. The second-order valence-electron chi connectivity index (χ2n) is 5.39. The quantitative estimate of drug-likeness (QED) is 0.507. The normalized spacial score (nSPS) is 11.7. The lowest BCUT2D eigenvalue weighted by molar-refractivity contribution is -0.148. The van der Waals surface area contributed by atoms with Crippen molar-refractivity contribution in [1.82, 2.24) is 0 Å². The molecule has 1 atom stereocenters. The minimum Gasteiger partial charge on any atom is -0.481 e. The number of aryl methyl sites for hydroxylation is 1. The first kappa shape index (κ1) is 18.7. The molecule has 1 aromatic rings. The van der Waals surface area contributed by atoms with Gasteiger partial charge < -0.3 is 14.9 Å². The van der Waals surface area contributed by atoms with E-state index in [9.17, 15) is 14.4 Å². The Morgan fingerprint density at radius 3 is 2.30 bits per heavy atom. The van der Waals surface area contributed by atoms with Crippen molar-refractivity contribution >= 4 is 17.9 Å². The summed E-state index contributed by atoms with van der Waals surface area (Å²) in [6.07, 6.45) is 2.40. The number of hydrogen-bond acceptors (Lipinski definition) is 4. The van der Waals surface area contributed by atoms with Crippen LogP contribution in [0.5, 0.6) is 5.75 Å². The van der Waals surface area contributed by atoms with Crippen LogP contribution >= 0.6 is 0 Å². The van der Waals surface area contributed by atoms with Gasteiger partial charge in [0.15, 0.2) is 0 Å². The Morgan fingerprint density at radius 2 is 1.78 bits per heavy atom. The zero-order valence-corrected chi connectivity index (χ0v) is 13.2. The van der Waals surface area contributed by atoms with Gasteiger partial charge in [0.05, 0.1) is 12.3 Å². The van der Waals surface area contributed by atoms with Gasteiger partial charge in [0, 0.05) is 6.42 Å². The van der Waals surface area contributed by atoms with Gasteiger partial charge in [0.25, 0.3) is 0 Å². The van der Waals surface area contributed by atoms with Crippen molar-refractivity contribution in [3.8, 4) is 5.75 Å². The number of carbonyl (C=O) groups excluding carboxylic acids is 1. The van der Waals surface area contributed by atoms with Crippen LogP contribution in [0.3, 0.4) is 0 Å². The van der Waals surface area contributed by atoms with E-state index in [2.05, 4.69) is 6.92 Å². The smallest absolute Gasteiger partial charge is 0.312 e. The van der Waals surface area contributed by atoms with Crippen molar-refractivity contribution in [2.75, 3.05) is 0 Å². The van der Waals surface area contributed by atoms with Crippen LogP contribution in [0, 0.1) is 5.92 Å². The van der Waals surface area contributed by atoms with Gasteiger partial charge in [-0.3, -0.25) is 14.4 Å². The average molecular weight is 322 g/mol. The monoisotopic (exact) mass is 322 g/mol. The lowest BCUT2D eigenvalue weighted by Gasteiger charge is -2.11. The molecule has 0 aliphatic rings. The lowest BCUT2D eigenvalue weighted by atomic mass is 10.00. The number of unbranched alkanes of at least 4 members (excludes halogenated alkanes) is 1. The van der Waals surface area contributed by atoms with E-state index in [1.807, 2.05) is 12.1 Å². The van der Waals surface area contributed by atoms with Crippen LogP contribution in [0.1, 0.15) is 44.6 Å². The SMILES string of the molecule is CCCCc1ccc(OC(=O)CC(CCC(=O)O)C(=O)O)cc1. The van der Waals surface area contributed by atoms with Crippen LogP contribution in [0.4, 0.5) is 0 Å². The van der Waals surface area contributed by atoms with Gasteiger partial charge in [-0.15, -0.1) is 0 Å². The number of rotatable bonds is 10. The van der Waals surface area contributed by atoms with Crippen molar-refractivity contribution in [2.45, 2.75) is 45.4 Å². The van der Waals surface area contributed by atoms with Gasteiger partial charge in [-0.05, 0) is 37.0 Å². The van der Waals surface area contributed by atoms with E-state index in [-0.39, 0.29) is 19.3 Å². The molecule has 0 amide bonds. The molecule has 0 heterocycles. The van der Waals surface area contributed by atoms with Crippen molar-refractivity contribution in [2.24, 2.45) is 5.92 Å². The molecule has 1 rings (SSSR count). The number of benzene rings is 1. The van der Waals surface area contributed by atoms with Crippen molar-refractivity contribution < 1.29 is 29.3 Å². The molecule has 6 nitrogen and oxygen atoms in total. The van der Waals surface area contributed by atoms with E-state index in [1.165, 1.54) is 0 Å². The van der Waals surface area contributed by atoms with Gasteiger partial charge in [0.1, 0.15) is 5.75 Å². The van der Waals surface area contributed by atoms with E-state index in [4.69, 9.17) is 14.9 Å². The van der Waals surface area contributed by atoms with E-state index < -0.39 is 23.8 Å². The van der Waals surface area contributed by atoms with E-state index in [0.717, 1.165) is 24.8 Å². The van der Waals surface area contributed by atoms with Gasteiger partial charge in [0.2, 0.25) is 0 Å². The number of esters is 1. The highest BCUT2D eigenvalue weighted by molar-refractivity contribution is 5.80. The van der Waals surface area contributed by atoms with Gasteiger partial charge in [-0.2, -0.15) is 0 Å². The summed E-state index contributed by atoms with van der Waals surface area (Å²) in [4.78, 5) is 33.3. The van der Waals surface area contributed by atoms with Crippen LogP contribution in [-0.4, -0.2) is 28.1 Å². The molecule has 0 fully saturated rings. The second-order valence-corrected chi connectivity index (χ2v) is 5.39. The minimum atomic E-state index is -1.20. The Bertz CT molecular complexity index is 535. The highest BCUT2D eigenvalue weighted by Gasteiger charge is 2.23. The van der Waals surface area contributed by atoms with Crippen LogP contribution in [-0.2, 0) is 20.8 Å². The summed E-state index contributed by atoms with van der Waals surface area (Å²) >= 11 is 0. The Morgan fingerprint density at radius 1 is 1.13 bits per heavy atom. The maximum absolute atomic E-state index is 11.8. The molecular formula is C17H22O6. The fourth-order valence-electron chi connectivity index (χ4n) is 2.09.